The number of benzene rings is 1. The fraction of sp³-hybridized carbons (Fsp3) is 0.182. The van der Waals surface area contributed by atoms with Crippen LogP contribution < -0.4 is 5.32 Å². The third kappa shape index (κ3) is 4.65. The van der Waals surface area contributed by atoms with Crippen molar-refractivity contribution in [3.8, 4) is 0 Å². The molecule has 0 saturated heterocycles. The number of hydrogen-bond donors (Lipinski definition) is 1. The normalized spacial score (nSPS) is 12.7. The van der Waals surface area contributed by atoms with Gasteiger partial charge in [0.25, 0.3) is 5.78 Å². The second kappa shape index (κ2) is 5.33. The zero-order valence-corrected chi connectivity index (χ0v) is 9.14. The van der Waals surface area contributed by atoms with Crippen molar-refractivity contribution >= 4 is 11.5 Å². The lowest BCUT2D eigenvalue weighted by molar-refractivity contribution is -0.165. The Hall–Kier alpha value is -1.99. The SMILES string of the molecule is O=C(C=CNc1cccc(C(F)(F)F)c1)C(F)(F)F. The molecule has 0 aliphatic rings. The molecule has 1 rings (SSSR count). The van der Waals surface area contributed by atoms with Crippen molar-refractivity contribution in [2.45, 2.75) is 12.4 Å². The van der Waals surface area contributed by atoms with Gasteiger partial charge in [0.15, 0.2) is 0 Å². The van der Waals surface area contributed by atoms with Crippen molar-refractivity contribution in [3.05, 3.63) is 42.1 Å². The lowest BCUT2D eigenvalue weighted by Crippen LogP contribution is -2.20. The molecule has 0 heterocycles. The second-order valence-corrected chi connectivity index (χ2v) is 3.42. The highest BCUT2D eigenvalue weighted by Gasteiger charge is 2.36. The molecule has 19 heavy (non-hydrogen) atoms. The number of carbonyl (C=O) groups is 1. The molecule has 0 unspecified atom stereocenters. The Morgan fingerprint density at radius 3 is 2.26 bits per heavy atom. The first-order chi connectivity index (χ1) is 8.60. The molecule has 0 saturated carbocycles. The smallest absolute Gasteiger partial charge is 0.362 e. The van der Waals surface area contributed by atoms with E-state index in [9.17, 15) is 31.1 Å². The highest BCUT2D eigenvalue weighted by molar-refractivity contribution is 5.94. The summed E-state index contributed by atoms with van der Waals surface area (Å²) in [6.07, 6.45) is -8.74. The van der Waals surface area contributed by atoms with E-state index in [4.69, 9.17) is 0 Å². The summed E-state index contributed by atoms with van der Waals surface area (Å²) in [6.45, 7) is 0. The molecule has 0 atom stereocenters. The van der Waals surface area contributed by atoms with Gasteiger partial charge in [-0.2, -0.15) is 26.3 Å². The van der Waals surface area contributed by atoms with Gasteiger partial charge < -0.3 is 5.32 Å². The van der Waals surface area contributed by atoms with E-state index < -0.39 is 23.7 Å². The van der Waals surface area contributed by atoms with E-state index in [0.717, 1.165) is 12.1 Å². The standard InChI is InChI=1S/C11H7F6NO/c12-10(13,14)7-2-1-3-8(6-7)18-5-4-9(19)11(15,16)17/h1-6,18H. The van der Waals surface area contributed by atoms with E-state index in [1.807, 2.05) is 0 Å². The van der Waals surface area contributed by atoms with Crippen LogP contribution in [0.1, 0.15) is 5.56 Å². The summed E-state index contributed by atoms with van der Waals surface area (Å²) in [4.78, 5) is 10.4. The molecular formula is C11H7F6NO. The van der Waals surface area contributed by atoms with Crippen molar-refractivity contribution in [2.75, 3.05) is 5.32 Å². The molecule has 8 heteroatoms. The van der Waals surface area contributed by atoms with Gasteiger partial charge in [0.05, 0.1) is 5.56 Å². The molecule has 1 aromatic rings. The molecule has 1 aromatic carbocycles. The highest BCUT2D eigenvalue weighted by atomic mass is 19.4. The van der Waals surface area contributed by atoms with E-state index >= 15 is 0 Å². The number of carbonyl (C=O) groups excluding carboxylic acids is 1. The van der Waals surface area contributed by atoms with Crippen molar-refractivity contribution < 1.29 is 31.1 Å². The molecule has 0 aliphatic heterocycles. The number of anilines is 1. The molecule has 0 amide bonds. The summed E-state index contributed by atoms with van der Waals surface area (Å²) in [6, 6.07) is 3.83. The summed E-state index contributed by atoms with van der Waals surface area (Å²) in [5, 5.41) is 2.16. The van der Waals surface area contributed by atoms with Crippen molar-refractivity contribution in [1.82, 2.24) is 0 Å². The van der Waals surface area contributed by atoms with E-state index in [1.54, 1.807) is 0 Å². The van der Waals surface area contributed by atoms with Gasteiger partial charge in [-0.1, -0.05) is 6.07 Å². The number of halogens is 6. The van der Waals surface area contributed by atoms with Gasteiger partial charge in [-0.05, 0) is 18.2 Å². The molecule has 0 fully saturated rings. The third-order valence-corrected chi connectivity index (χ3v) is 1.95. The number of hydrogen-bond acceptors (Lipinski definition) is 2. The Morgan fingerprint density at radius 2 is 1.74 bits per heavy atom. The average molecular weight is 283 g/mol. The largest absolute Gasteiger partial charge is 0.454 e. The molecule has 1 N–H and O–H groups in total. The Bertz CT molecular complexity index is 489. The van der Waals surface area contributed by atoms with Crippen molar-refractivity contribution in [1.29, 1.82) is 0 Å². The lowest BCUT2D eigenvalue weighted by Gasteiger charge is -2.08. The minimum absolute atomic E-state index is 0.0824. The van der Waals surface area contributed by atoms with Crippen LogP contribution in [0.3, 0.4) is 0 Å². The summed E-state index contributed by atoms with van der Waals surface area (Å²) in [7, 11) is 0. The van der Waals surface area contributed by atoms with Gasteiger partial charge in [-0.25, -0.2) is 0 Å². The summed E-state index contributed by atoms with van der Waals surface area (Å²) in [5.41, 5.74) is -1.03. The molecule has 104 valence electrons. The monoisotopic (exact) mass is 283 g/mol. The Balaban J connectivity index is 2.74. The Kier molecular flexibility index (Phi) is 4.23. The maximum Gasteiger partial charge on any atom is 0.454 e. The Morgan fingerprint density at radius 1 is 1.11 bits per heavy atom. The van der Waals surface area contributed by atoms with Gasteiger partial charge >= 0.3 is 12.4 Å². The van der Waals surface area contributed by atoms with E-state index in [2.05, 4.69) is 5.32 Å². The summed E-state index contributed by atoms with van der Waals surface area (Å²) >= 11 is 0. The average Bonchev–Trinajstić information content (AvgIpc) is 2.27. The molecule has 0 aromatic heterocycles. The van der Waals surface area contributed by atoms with Crippen molar-refractivity contribution in [2.24, 2.45) is 0 Å². The van der Waals surface area contributed by atoms with Crippen molar-refractivity contribution in [3.63, 3.8) is 0 Å². The third-order valence-electron chi connectivity index (χ3n) is 1.95. The zero-order valence-electron chi connectivity index (χ0n) is 9.14. The molecule has 0 radical (unpaired) electrons. The van der Waals surface area contributed by atoms with Crippen LogP contribution in [0.5, 0.6) is 0 Å². The van der Waals surface area contributed by atoms with Crippen LogP contribution in [0.15, 0.2) is 36.5 Å². The quantitative estimate of drug-likeness (QED) is 0.676. The van der Waals surface area contributed by atoms with Crippen LogP contribution in [0.2, 0.25) is 0 Å². The van der Waals surface area contributed by atoms with Crippen LogP contribution in [-0.2, 0) is 11.0 Å². The fourth-order valence-corrected chi connectivity index (χ4v) is 1.09. The molecule has 0 aliphatic carbocycles. The van der Waals surface area contributed by atoms with Crippen LogP contribution in [-0.4, -0.2) is 12.0 Å². The predicted molar refractivity (Wildman–Crippen MR) is 55.3 cm³/mol. The lowest BCUT2D eigenvalue weighted by atomic mass is 10.2. The van der Waals surface area contributed by atoms with Gasteiger partial charge in [0.1, 0.15) is 0 Å². The minimum Gasteiger partial charge on any atom is -0.362 e. The number of rotatable bonds is 3. The highest BCUT2D eigenvalue weighted by Crippen LogP contribution is 2.30. The molecular weight excluding hydrogens is 276 g/mol. The van der Waals surface area contributed by atoms with E-state index in [-0.39, 0.29) is 11.8 Å². The van der Waals surface area contributed by atoms with E-state index in [0.29, 0.717) is 12.3 Å². The van der Waals surface area contributed by atoms with E-state index in [1.165, 1.54) is 6.07 Å². The zero-order chi connectivity index (χ0) is 14.7. The fourth-order valence-electron chi connectivity index (χ4n) is 1.09. The topological polar surface area (TPSA) is 29.1 Å². The molecule has 0 bridgehead atoms. The number of ketones is 1. The maximum absolute atomic E-state index is 12.3. The maximum atomic E-state index is 12.3. The molecule has 2 nitrogen and oxygen atoms in total. The predicted octanol–water partition coefficient (Wildman–Crippen LogP) is 3.76. The number of alkyl halides is 6. The van der Waals surface area contributed by atoms with Gasteiger partial charge in [0.2, 0.25) is 0 Å². The van der Waals surface area contributed by atoms with Crippen LogP contribution in [0.25, 0.3) is 0 Å². The first-order valence-electron chi connectivity index (χ1n) is 4.82. The van der Waals surface area contributed by atoms with Crippen LogP contribution in [0, 0.1) is 0 Å². The number of nitrogens with one attached hydrogen (secondary N) is 1. The van der Waals surface area contributed by atoms with Gasteiger partial charge in [-0.3, -0.25) is 4.79 Å². The molecule has 0 spiro atoms. The minimum atomic E-state index is -5.01. The number of allylic oxidation sites excluding steroid dienone is 1. The Labute approximate surface area is 103 Å². The first kappa shape index (κ1) is 15.1. The summed E-state index contributed by atoms with van der Waals surface area (Å²) in [5.74, 6) is -2.10. The summed E-state index contributed by atoms with van der Waals surface area (Å²) < 4.78 is 72.4. The van der Waals surface area contributed by atoms with Crippen LogP contribution >= 0.6 is 0 Å². The second-order valence-electron chi connectivity index (χ2n) is 3.42. The van der Waals surface area contributed by atoms with Gasteiger partial charge in [0, 0.05) is 18.0 Å². The van der Waals surface area contributed by atoms with Crippen LogP contribution in [0.4, 0.5) is 32.0 Å². The van der Waals surface area contributed by atoms with Gasteiger partial charge in [-0.15, -0.1) is 0 Å². The first-order valence-corrected chi connectivity index (χ1v) is 4.82.